The van der Waals surface area contributed by atoms with Gasteiger partial charge in [0.05, 0.1) is 12.1 Å². The summed E-state index contributed by atoms with van der Waals surface area (Å²) in [6.45, 7) is 4.90. The van der Waals surface area contributed by atoms with Crippen molar-refractivity contribution in [1.82, 2.24) is 5.32 Å². The Kier molecular flexibility index (Phi) is 7.27. The number of hydrogen-bond acceptors (Lipinski definition) is 4. The summed E-state index contributed by atoms with van der Waals surface area (Å²) < 4.78 is 5.25. The van der Waals surface area contributed by atoms with Crippen molar-refractivity contribution < 1.29 is 19.4 Å². The Bertz CT molecular complexity index is 236. The maximum Gasteiger partial charge on any atom is 0.244 e. The standard InChI is InChI=1S/C10H17NO4/c1-8(2)15-7-3-6-11-9(12)4-5-10(13)14/h4-5,8H,3,6-7H2,1-2H3,(H,11,12)(H,13,14)/p-1. The molecule has 0 fully saturated rings. The van der Waals surface area contributed by atoms with E-state index in [1.807, 2.05) is 13.8 Å². The summed E-state index contributed by atoms with van der Waals surface area (Å²) in [5, 5.41) is 12.5. The van der Waals surface area contributed by atoms with Crippen molar-refractivity contribution >= 4 is 11.9 Å². The van der Waals surface area contributed by atoms with Gasteiger partial charge in [-0.05, 0) is 26.3 Å². The quantitative estimate of drug-likeness (QED) is 0.445. The Morgan fingerprint density at radius 1 is 1.40 bits per heavy atom. The molecule has 0 radical (unpaired) electrons. The molecule has 0 saturated carbocycles. The van der Waals surface area contributed by atoms with Crippen molar-refractivity contribution in [3.05, 3.63) is 12.2 Å². The van der Waals surface area contributed by atoms with E-state index in [1.165, 1.54) is 0 Å². The smallest absolute Gasteiger partial charge is 0.244 e. The molecule has 15 heavy (non-hydrogen) atoms. The largest absolute Gasteiger partial charge is 0.545 e. The van der Waals surface area contributed by atoms with Gasteiger partial charge in [0.25, 0.3) is 0 Å². The average molecular weight is 214 g/mol. The molecule has 0 unspecified atom stereocenters. The lowest BCUT2D eigenvalue weighted by molar-refractivity contribution is -0.297. The number of rotatable bonds is 7. The van der Waals surface area contributed by atoms with Gasteiger partial charge in [0.1, 0.15) is 0 Å². The van der Waals surface area contributed by atoms with Crippen LogP contribution in [-0.4, -0.2) is 31.1 Å². The molecular formula is C10H16NO4-. The van der Waals surface area contributed by atoms with E-state index in [0.29, 0.717) is 25.6 Å². The van der Waals surface area contributed by atoms with Crippen molar-refractivity contribution in [1.29, 1.82) is 0 Å². The van der Waals surface area contributed by atoms with Crippen LogP contribution in [0.3, 0.4) is 0 Å². The van der Waals surface area contributed by atoms with Crippen molar-refractivity contribution in [3.63, 3.8) is 0 Å². The van der Waals surface area contributed by atoms with Crippen LogP contribution in [0.25, 0.3) is 0 Å². The molecule has 0 aliphatic heterocycles. The monoisotopic (exact) mass is 214 g/mol. The molecule has 0 aliphatic rings. The van der Waals surface area contributed by atoms with Crippen LogP contribution in [0, 0.1) is 0 Å². The number of ether oxygens (including phenoxy) is 1. The van der Waals surface area contributed by atoms with Gasteiger partial charge in [-0.1, -0.05) is 0 Å². The summed E-state index contributed by atoms with van der Waals surface area (Å²) in [6, 6.07) is 0. The lowest BCUT2D eigenvalue weighted by atomic mass is 10.4. The highest BCUT2D eigenvalue weighted by molar-refractivity contribution is 5.93. The van der Waals surface area contributed by atoms with Crippen LogP contribution in [0.1, 0.15) is 20.3 Å². The minimum absolute atomic E-state index is 0.179. The third kappa shape index (κ3) is 10.6. The van der Waals surface area contributed by atoms with E-state index in [9.17, 15) is 14.7 Å². The molecule has 0 aromatic heterocycles. The Morgan fingerprint density at radius 2 is 2.07 bits per heavy atom. The fraction of sp³-hybridized carbons (Fsp3) is 0.600. The normalized spacial score (nSPS) is 10.9. The molecule has 0 aliphatic carbocycles. The lowest BCUT2D eigenvalue weighted by Gasteiger charge is -2.07. The van der Waals surface area contributed by atoms with Crippen molar-refractivity contribution in [2.45, 2.75) is 26.4 Å². The van der Waals surface area contributed by atoms with E-state index in [2.05, 4.69) is 5.32 Å². The Morgan fingerprint density at radius 3 is 2.60 bits per heavy atom. The zero-order chi connectivity index (χ0) is 11.7. The van der Waals surface area contributed by atoms with Gasteiger partial charge < -0.3 is 20.0 Å². The number of carbonyl (C=O) groups is 2. The van der Waals surface area contributed by atoms with Gasteiger partial charge >= 0.3 is 0 Å². The molecule has 1 amide bonds. The Labute approximate surface area is 89.1 Å². The predicted octanol–water partition coefficient (Wildman–Crippen LogP) is -0.776. The number of hydrogen-bond donors (Lipinski definition) is 1. The topological polar surface area (TPSA) is 78.5 Å². The van der Waals surface area contributed by atoms with Crippen LogP contribution in [0.15, 0.2) is 12.2 Å². The third-order valence-electron chi connectivity index (χ3n) is 1.44. The van der Waals surface area contributed by atoms with E-state index >= 15 is 0 Å². The lowest BCUT2D eigenvalue weighted by Crippen LogP contribution is -2.25. The second-order valence-electron chi connectivity index (χ2n) is 3.22. The molecule has 0 bridgehead atoms. The van der Waals surface area contributed by atoms with E-state index in [0.717, 1.165) is 6.08 Å². The highest BCUT2D eigenvalue weighted by atomic mass is 16.5. The van der Waals surface area contributed by atoms with Gasteiger partial charge in [0, 0.05) is 19.2 Å². The first-order chi connectivity index (χ1) is 7.02. The minimum atomic E-state index is -1.38. The van der Waals surface area contributed by atoms with E-state index in [4.69, 9.17) is 4.74 Å². The zero-order valence-electron chi connectivity index (χ0n) is 8.99. The average Bonchev–Trinajstić information content (AvgIpc) is 2.13. The summed E-state index contributed by atoms with van der Waals surface area (Å²) in [7, 11) is 0. The summed E-state index contributed by atoms with van der Waals surface area (Å²) >= 11 is 0. The van der Waals surface area contributed by atoms with Crippen LogP contribution in [-0.2, 0) is 14.3 Å². The molecule has 5 nitrogen and oxygen atoms in total. The van der Waals surface area contributed by atoms with Crippen molar-refractivity contribution in [3.8, 4) is 0 Å². The Balaban J connectivity index is 3.43. The predicted molar refractivity (Wildman–Crippen MR) is 52.9 cm³/mol. The summed E-state index contributed by atoms with van der Waals surface area (Å²) in [6.07, 6.45) is 2.50. The number of carbonyl (C=O) groups excluding carboxylic acids is 2. The molecule has 0 atom stereocenters. The Hall–Kier alpha value is -1.36. The molecule has 86 valence electrons. The third-order valence-corrected chi connectivity index (χ3v) is 1.44. The van der Waals surface area contributed by atoms with Crippen LogP contribution in [0.2, 0.25) is 0 Å². The zero-order valence-corrected chi connectivity index (χ0v) is 8.99. The maximum atomic E-state index is 10.9. The summed E-state index contributed by atoms with van der Waals surface area (Å²) in [4.78, 5) is 20.9. The first kappa shape index (κ1) is 13.6. The molecule has 0 saturated heterocycles. The summed E-state index contributed by atoms with van der Waals surface area (Å²) in [5.74, 6) is -1.82. The SMILES string of the molecule is CC(C)OCCCNC(=O)C=CC(=O)[O-]. The van der Waals surface area contributed by atoms with Gasteiger partial charge in [-0.3, -0.25) is 4.79 Å². The molecule has 5 heteroatoms. The number of carboxylic acids is 1. The van der Waals surface area contributed by atoms with E-state index in [-0.39, 0.29) is 6.10 Å². The molecule has 0 aromatic carbocycles. The van der Waals surface area contributed by atoms with E-state index < -0.39 is 11.9 Å². The fourth-order valence-electron chi connectivity index (χ4n) is 0.805. The van der Waals surface area contributed by atoms with Crippen LogP contribution in [0.4, 0.5) is 0 Å². The number of aliphatic carboxylic acids is 1. The van der Waals surface area contributed by atoms with E-state index in [1.54, 1.807) is 0 Å². The first-order valence-corrected chi connectivity index (χ1v) is 4.81. The minimum Gasteiger partial charge on any atom is -0.545 e. The highest BCUT2D eigenvalue weighted by Gasteiger charge is 1.95. The molecule has 0 spiro atoms. The van der Waals surface area contributed by atoms with Crippen LogP contribution in [0.5, 0.6) is 0 Å². The second-order valence-corrected chi connectivity index (χ2v) is 3.22. The summed E-state index contributed by atoms with van der Waals surface area (Å²) in [5.41, 5.74) is 0. The molecular weight excluding hydrogens is 198 g/mol. The fourth-order valence-corrected chi connectivity index (χ4v) is 0.805. The van der Waals surface area contributed by atoms with Gasteiger partial charge in [-0.15, -0.1) is 0 Å². The highest BCUT2D eigenvalue weighted by Crippen LogP contribution is 1.89. The van der Waals surface area contributed by atoms with Gasteiger partial charge in [0.2, 0.25) is 5.91 Å². The maximum absolute atomic E-state index is 10.9. The number of nitrogens with one attached hydrogen (secondary N) is 1. The second kappa shape index (κ2) is 7.99. The van der Waals surface area contributed by atoms with Crippen LogP contribution >= 0.6 is 0 Å². The first-order valence-electron chi connectivity index (χ1n) is 4.81. The van der Waals surface area contributed by atoms with Crippen molar-refractivity contribution in [2.75, 3.05) is 13.2 Å². The van der Waals surface area contributed by atoms with Gasteiger partial charge in [-0.25, -0.2) is 0 Å². The molecule has 0 aromatic rings. The molecule has 0 rings (SSSR count). The van der Waals surface area contributed by atoms with Crippen molar-refractivity contribution in [2.24, 2.45) is 0 Å². The molecule has 0 heterocycles. The number of carboxylic acid groups (broad SMARTS) is 1. The van der Waals surface area contributed by atoms with Gasteiger partial charge in [0.15, 0.2) is 0 Å². The van der Waals surface area contributed by atoms with Gasteiger partial charge in [-0.2, -0.15) is 0 Å². The van der Waals surface area contributed by atoms with Crippen LogP contribution < -0.4 is 10.4 Å². The number of amides is 1. The molecule has 1 N–H and O–H groups in total.